The van der Waals surface area contributed by atoms with Gasteiger partial charge >= 0.3 is 5.97 Å². The van der Waals surface area contributed by atoms with Gasteiger partial charge < -0.3 is 15.2 Å². The highest BCUT2D eigenvalue weighted by atomic mass is 19.1. The maximum Gasteiger partial charge on any atom is 0.336 e. The molecule has 9 heteroatoms. The number of aliphatic hydroxyl groups excluding tert-OH is 1. The lowest BCUT2D eigenvalue weighted by Gasteiger charge is -2.10. The van der Waals surface area contributed by atoms with Gasteiger partial charge in [0.05, 0.1) is 24.1 Å². The molecule has 108 valence electrons. The Morgan fingerprint density at radius 1 is 1.55 bits per heavy atom. The molecule has 0 spiro atoms. The summed E-state index contributed by atoms with van der Waals surface area (Å²) in [5, 5.41) is 21.8. The average Bonchev–Trinajstić information content (AvgIpc) is 2.43. The van der Waals surface area contributed by atoms with Crippen molar-refractivity contribution < 1.29 is 28.7 Å². The number of nitro benzene ring substituents is 1. The van der Waals surface area contributed by atoms with Gasteiger partial charge in [-0.3, -0.25) is 14.9 Å². The molecule has 0 saturated carbocycles. The summed E-state index contributed by atoms with van der Waals surface area (Å²) in [4.78, 5) is 32.3. The van der Waals surface area contributed by atoms with Crippen LogP contribution in [0.5, 0.6) is 0 Å². The summed E-state index contributed by atoms with van der Waals surface area (Å²) >= 11 is 0. The standard InChI is InChI=1S/C11H11FN2O6/c1-20-11(17)9(15)5-13-10(16)7-4-6(14(18)19)2-3-8(7)12/h2-4,9,15H,5H2,1H3,(H,13,16). The van der Waals surface area contributed by atoms with Gasteiger partial charge in [0.2, 0.25) is 0 Å². The fourth-order valence-electron chi connectivity index (χ4n) is 1.30. The molecule has 0 bridgehead atoms. The van der Waals surface area contributed by atoms with E-state index in [1.54, 1.807) is 0 Å². The monoisotopic (exact) mass is 286 g/mol. The third-order valence-electron chi connectivity index (χ3n) is 2.33. The maximum absolute atomic E-state index is 13.4. The van der Waals surface area contributed by atoms with Crippen molar-refractivity contribution in [1.82, 2.24) is 5.32 Å². The summed E-state index contributed by atoms with van der Waals surface area (Å²) in [6, 6.07) is 2.45. The third kappa shape index (κ3) is 3.72. The number of esters is 1. The van der Waals surface area contributed by atoms with E-state index in [0.717, 1.165) is 25.3 Å². The van der Waals surface area contributed by atoms with Crippen LogP contribution in [-0.2, 0) is 9.53 Å². The Labute approximate surface area is 112 Å². The Balaban J connectivity index is 2.80. The van der Waals surface area contributed by atoms with Crippen LogP contribution in [0.1, 0.15) is 10.4 Å². The first-order valence-electron chi connectivity index (χ1n) is 5.35. The van der Waals surface area contributed by atoms with Crippen molar-refractivity contribution in [1.29, 1.82) is 0 Å². The van der Waals surface area contributed by atoms with Crippen LogP contribution in [0.2, 0.25) is 0 Å². The lowest BCUT2D eigenvalue weighted by Crippen LogP contribution is -2.37. The second-order valence-corrected chi connectivity index (χ2v) is 3.67. The minimum Gasteiger partial charge on any atom is -0.467 e. The topological polar surface area (TPSA) is 119 Å². The molecule has 1 rings (SSSR count). The van der Waals surface area contributed by atoms with Gasteiger partial charge in [-0.15, -0.1) is 0 Å². The number of carbonyl (C=O) groups excluding carboxylic acids is 2. The van der Waals surface area contributed by atoms with Crippen LogP contribution in [0.3, 0.4) is 0 Å². The van der Waals surface area contributed by atoms with Crippen LogP contribution in [-0.4, -0.2) is 41.7 Å². The number of amides is 1. The number of halogens is 1. The van der Waals surface area contributed by atoms with Crippen molar-refractivity contribution in [2.75, 3.05) is 13.7 Å². The molecule has 0 saturated heterocycles. The fraction of sp³-hybridized carbons (Fsp3) is 0.273. The zero-order chi connectivity index (χ0) is 15.3. The first kappa shape index (κ1) is 15.5. The van der Waals surface area contributed by atoms with Crippen molar-refractivity contribution in [2.24, 2.45) is 0 Å². The predicted octanol–water partition coefficient (Wildman–Crippen LogP) is -0.00240. The molecule has 0 aliphatic carbocycles. The normalized spacial score (nSPS) is 11.6. The molecule has 0 fully saturated rings. The van der Waals surface area contributed by atoms with Crippen molar-refractivity contribution in [2.45, 2.75) is 6.10 Å². The minimum absolute atomic E-state index is 0.454. The van der Waals surface area contributed by atoms with E-state index in [1.165, 1.54) is 0 Å². The first-order chi connectivity index (χ1) is 9.36. The second-order valence-electron chi connectivity index (χ2n) is 3.67. The molecular weight excluding hydrogens is 275 g/mol. The molecule has 1 aromatic carbocycles. The van der Waals surface area contributed by atoms with Gasteiger partial charge in [-0.05, 0) is 6.07 Å². The Morgan fingerprint density at radius 2 is 2.20 bits per heavy atom. The summed E-state index contributed by atoms with van der Waals surface area (Å²) < 4.78 is 17.6. The molecule has 2 N–H and O–H groups in total. The smallest absolute Gasteiger partial charge is 0.336 e. The van der Waals surface area contributed by atoms with Crippen LogP contribution in [0.4, 0.5) is 10.1 Å². The zero-order valence-corrected chi connectivity index (χ0v) is 10.3. The van der Waals surface area contributed by atoms with Crippen LogP contribution in [0.25, 0.3) is 0 Å². The number of non-ortho nitro benzene ring substituents is 1. The van der Waals surface area contributed by atoms with Gasteiger partial charge in [0, 0.05) is 12.1 Å². The summed E-state index contributed by atoms with van der Waals surface area (Å²) in [5.74, 6) is -2.92. The van der Waals surface area contributed by atoms with Crippen molar-refractivity contribution in [3.63, 3.8) is 0 Å². The molecule has 0 heterocycles. The molecular formula is C11H11FN2O6. The number of nitro groups is 1. The number of nitrogens with zero attached hydrogens (tertiary/aromatic N) is 1. The van der Waals surface area contributed by atoms with E-state index >= 15 is 0 Å². The van der Waals surface area contributed by atoms with Gasteiger partial charge in [-0.25, -0.2) is 9.18 Å². The van der Waals surface area contributed by atoms with Gasteiger partial charge in [-0.1, -0.05) is 0 Å². The summed E-state index contributed by atoms with van der Waals surface area (Å²) in [6.45, 7) is -0.506. The van der Waals surface area contributed by atoms with E-state index in [4.69, 9.17) is 0 Å². The highest BCUT2D eigenvalue weighted by Crippen LogP contribution is 2.16. The molecule has 1 amide bonds. The van der Waals surface area contributed by atoms with Gasteiger partial charge in [0.1, 0.15) is 5.82 Å². The van der Waals surface area contributed by atoms with E-state index < -0.39 is 46.5 Å². The van der Waals surface area contributed by atoms with Gasteiger partial charge in [-0.2, -0.15) is 0 Å². The van der Waals surface area contributed by atoms with Crippen LogP contribution in [0, 0.1) is 15.9 Å². The van der Waals surface area contributed by atoms with Crippen LogP contribution < -0.4 is 5.32 Å². The van der Waals surface area contributed by atoms with E-state index in [2.05, 4.69) is 10.1 Å². The maximum atomic E-state index is 13.4. The first-order valence-corrected chi connectivity index (χ1v) is 5.35. The molecule has 1 aromatic rings. The van der Waals surface area contributed by atoms with Gasteiger partial charge in [0.25, 0.3) is 11.6 Å². The predicted molar refractivity (Wildman–Crippen MR) is 63.4 cm³/mol. The SMILES string of the molecule is COC(=O)C(O)CNC(=O)c1cc([N+](=O)[O-])ccc1F. The minimum atomic E-state index is -1.61. The van der Waals surface area contributed by atoms with Crippen molar-refractivity contribution in [3.8, 4) is 0 Å². The molecule has 0 aromatic heterocycles. The third-order valence-corrected chi connectivity index (χ3v) is 2.33. The number of hydrogen-bond donors (Lipinski definition) is 2. The summed E-state index contributed by atoms with van der Waals surface area (Å²) in [5.41, 5.74) is -1.01. The molecule has 0 radical (unpaired) electrons. The molecule has 0 aliphatic heterocycles. The second kappa shape index (κ2) is 6.57. The van der Waals surface area contributed by atoms with Crippen molar-refractivity contribution >= 4 is 17.6 Å². The summed E-state index contributed by atoms with van der Waals surface area (Å²) in [7, 11) is 1.05. The Kier molecular flexibility index (Phi) is 5.09. The Morgan fingerprint density at radius 3 is 2.75 bits per heavy atom. The number of aliphatic hydroxyl groups is 1. The molecule has 8 nitrogen and oxygen atoms in total. The largest absolute Gasteiger partial charge is 0.467 e. The average molecular weight is 286 g/mol. The zero-order valence-electron chi connectivity index (χ0n) is 10.3. The lowest BCUT2D eigenvalue weighted by atomic mass is 10.1. The van der Waals surface area contributed by atoms with Gasteiger partial charge in [0.15, 0.2) is 6.10 Å². The van der Waals surface area contributed by atoms with E-state index in [1.807, 2.05) is 0 Å². The highest BCUT2D eigenvalue weighted by Gasteiger charge is 2.20. The quantitative estimate of drug-likeness (QED) is 0.446. The Hall–Kier alpha value is -2.55. The van der Waals surface area contributed by atoms with E-state index in [9.17, 15) is 29.2 Å². The van der Waals surface area contributed by atoms with Crippen molar-refractivity contribution in [3.05, 3.63) is 39.7 Å². The van der Waals surface area contributed by atoms with Crippen LogP contribution >= 0.6 is 0 Å². The number of carbonyl (C=O) groups is 2. The number of nitrogens with one attached hydrogen (secondary N) is 1. The number of rotatable bonds is 5. The highest BCUT2D eigenvalue weighted by molar-refractivity contribution is 5.95. The summed E-state index contributed by atoms with van der Waals surface area (Å²) in [6.07, 6.45) is -1.61. The van der Waals surface area contributed by atoms with E-state index in [0.29, 0.717) is 0 Å². The molecule has 1 atom stereocenters. The fourth-order valence-corrected chi connectivity index (χ4v) is 1.30. The number of benzene rings is 1. The molecule has 1 unspecified atom stereocenters. The molecule has 0 aliphatic rings. The number of methoxy groups -OCH3 is 1. The molecule has 20 heavy (non-hydrogen) atoms. The van der Waals surface area contributed by atoms with E-state index in [-0.39, 0.29) is 0 Å². The van der Waals surface area contributed by atoms with Crippen LogP contribution in [0.15, 0.2) is 18.2 Å². The Bertz CT molecular complexity index is 548. The lowest BCUT2D eigenvalue weighted by molar-refractivity contribution is -0.384. The number of ether oxygens (including phenoxy) is 1. The number of hydrogen-bond acceptors (Lipinski definition) is 6.